The third-order valence-electron chi connectivity index (χ3n) is 3.27. The quantitative estimate of drug-likeness (QED) is 0.853. The lowest BCUT2D eigenvalue weighted by Crippen LogP contribution is -2.27. The maximum Gasteiger partial charge on any atom is 0.131 e. The highest BCUT2D eigenvalue weighted by Crippen LogP contribution is 2.26. The zero-order valence-corrected chi connectivity index (χ0v) is 12.3. The average Bonchev–Trinajstić information content (AvgIpc) is 2.90. The molecule has 1 aromatic carbocycles. The van der Waals surface area contributed by atoms with E-state index >= 15 is 0 Å². The van der Waals surface area contributed by atoms with E-state index in [9.17, 15) is 8.78 Å². The van der Waals surface area contributed by atoms with Gasteiger partial charge in [-0.2, -0.15) is 0 Å². The van der Waals surface area contributed by atoms with Gasteiger partial charge in [-0.05, 0) is 31.5 Å². The van der Waals surface area contributed by atoms with Crippen LogP contribution in [0.2, 0.25) is 0 Å². The number of nitrogens with zero attached hydrogens (tertiary/aromatic N) is 3. The summed E-state index contributed by atoms with van der Waals surface area (Å²) in [6.45, 7) is 5.33. The molecular weight excluding hydrogens is 274 g/mol. The third-order valence-corrected chi connectivity index (χ3v) is 3.27. The van der Waals surface area contributed by atoms with Crippen molar-refractivity contribution in [2.45, 2.75) is 39.3 Å². The van der Waals surface area contributed by atoms with Crippen LogP contribution in [-0.2, 0) is 6.54 Å². The molecule has 0 aliphatic rings. The van der Waals surface area contributed by atoms with Gasteiger partial charge in [0.25, 0.3) is 0 Å². The van der Waals surface area contributed by atoms with E-state index < -0.39 is 17.7 Å². The lowest BCUT2D eigenvalue weighted by molar-refractivity contribution is 0.467. The van der Waals surface area contributed by atoms with Crippen LogP contribution in [0.1, 0.15) is 44.0 Å². The molecule has 0 amide bonds. The fourth-order valence-electron chi connectivity index (χ4n) is 2.30. The molecular formula is C15H20F2N4. The van der Waals surface area contributed by atoms with Crippen molar-refractivity contribution >= 4 is 0 Å². The third kappa shape index (κ3) is 3.44. The molecule has 21 heavy (non-hydrogen) atoms. The predicted octanol–water partition coefficient (Wildman–Crippen LogP) is 3.06. The van der Waals surface area contributed by atoms with E-state index in [2.05, 4.69) is 15.6 Å². The van der Waals surface area contributed by atoms with Gasteiger partial charge in [-0.15, -0.1) is 5.10 Å². The number of benzene rings is 1. The van der Waals surface area contributed by atoms with Crippen molar-refractivity contribution in [1.82, 2.24) is 20.3 Å². The smallest absolute Gasteiger partial charge is 0.131 e. The molecule has 1 unspecified atom stereocenters. The van der Waals surface area contributed by atoms with Crippen LogP contribution in [0.15, 0.2) is 24.4 Å². The number of rotatable bonds is 7. The fourth-order valence-corrected chi connectivity index (χ4v) is 2.30. The summed E-state index contributed by atoms with van der Waals surface area (Å²) < 4.78 is 29.9. The van der Waals surface area contributed by atoms with Gasteiger partial charge >= 0.3 is 0 Å². The standard InChI is InChI=1S/C15H20F2N4/c1-3-8-18-15(13-10-19-20-21(13)9-4-2)14-11(16)6-5-7-12(14)17/h5-7,10,15,18H,3-4,8-9H2,1-2H3. The van der Waals surface area contributed by atoms with Gasteiger partial charge in [0.2, 0.25) is 0 Å². The number of hydrogen-bond acceptors (Lipinski definition) is 3. The summed E-state index contributed by atoms with van der Waals surface area (Å²) in [5, 5.41) is 11.1. The van der Waals surface area contributed by atoms with Gasteiger partial charge in [0, 0.05) is 12.1 Å². The largest absolute Gasteiger partial charge is 0.305 e. The number of halogens is 2. The molecule has 0 saturated heterocycles. The van der Waals surface area contributed by atoms with Gasteiger partial charge in [-0.25, -0.2) is 13.5 Å². The molecule has 2 rings (SSSR count). The second-order valence-electron chi connectivity index (χ2n) is 4.90. The Kier molecular flexibility index (Phi) is 5.38. The van der Waals surface area contributed by atoms with E-state index in [1.54, 1.807) is 10.9 Å². The maximum atomic E-state index is 14.1. The summed E-state index contributed by atoms with van der Waals surface area (Å²) in [7, 11) is 0. The molecule has 0 fully saturated rings. The second kappa shape index (κ2) is 7.26. The van der Waals surface area contributed by atoms with Crippen LogP contribution in [-0.4, -0.2) is 21.5 Å². The Morgan fingerprint density at radius 2 is 1.90 bits per heavy atom. The van der Waals surface area contributed by atoms with Gasteiger partial charge in [0.15, 0.2) is 0 Å². The molecule has 114 valence electrons. The zero-order valence-electron chi connectivity index (χ0n) is 12.3. The molecule has 4 nitrogen and oxygen atoms in total. The highest BCUT2D eigenvalue weighted by Gasteiger charge is 2.24. The minimum absolute atomic E-state index is 0.0191. The van der Waals surface area contributed by atoms with Crippen LogP contribution < -0.4 is 5.32 Å². The Hall–Kier alpha value is -1.82. The van der Waals surface area contributed by atoms with Crippen molar-refractivity contribution in [2.24, 2.45) is 0 Å². The molecule has 1 N–H and O–H groups in total. The SMILES string of the molecule is CCCNC(c1c(F)cccc1F)c1cnnn1CCC. The number of nitrogens with one attached hydrogen (secondary N) is 1. The lowest BCUT2D eigenvalue weighted by Gasteiger charge is -2.20. The molecule has 0 bridgehead atoms. The minimum atomic E-state index is -0.590. The first-order valence-electron chi connectivity index (χ1n) is 7.24. The molecule has 0 saturated carbocycles. The van der Waals surface area contributed by atoms with E-state index in [1.165, 1.54) is 18.2 Å². The molecule has 6 heteroatoms. The van der Waals surface area contributed by atoms with Crippen molar-refractivity contribution in [3.63, 3.8) is 0 Å². The molecule has 1 heterocycles. The summed E-state index contributed by atoms with van der Waals surface area (Å²) in [6.07, 6.45) is 3.30. The van der Waals surface area contributed by atoms with Crippen LogP contribution in [0.25, 0.3) is 0 Å². The summed E-state index contributed by atoms with van der Waals surface area (Å²) in [5.41, 5.74) is 0.694. The number of aromatic nitrogens is 3. The first-order valence-corrected chi connectivity index (χ1v) is 7.24. The normalized spacial score (nSPS) is 12.6. The lowest BCUT2D eigenvalue weighted by atomic mass is 10.0. The van der Waals surface area contributed by atoms with E-state index in [4.69, 9.17) is 0 Å². The molecule has 2 aromatic rings. The molecule has 0 radical (unpaired) electrons. The molecule has 0 aliphatic heterocycles. The van der Waals surface area contributed by atoms with Crippen molar-refractivity contribution in [2.75, 3.05) is 6.54 Å². The van der Waals surface area contributed by atoms with Crippen LogP contribution in [0.3, 0.4) is 0 Å². The average molecular weight is 294 g/mol. The second-order valence-corrected chi connectivity index (χ2v) is 4.90. The highest BCUT2D eigenvalue weighted by atomic mass is 19.1. The van der Waals surface area contributed by atoms with E-state index in [0.717, 1.165) is 12.8 Å². The van der Waals surface area contributed by atoms with Gasteiger partial charge in [-0.3, -0.25) is 0 Å². The number of aryl methyl sites for hydroxylation is 1. The first kappa shape index (κ1) is 15.6. The zero-order chi connectivity index (χ0) is 15.2. The van der Waals surface area contributed by atoms with Crippen molar-refractivity contribution in [3.8, 4) is 0 Å². The Morgan fingerprint density at radius 3 is 2.52 bits per heavy atom. The maximum absolute atomic E-state index is 14.1. The Morgan fingerprint density at radius 1 is 1.19 bits per heavy atom. The molecule has 1 atom stereocenters. The van der Waals surface area contributed by atoms with Gasteiger partial charge < -0.3 is 5.32 Å². The highest BCUT2D eigenvalue weighted by molar-refractivity contribution is 5.29. The molecule has 1 aromatic heterocycles. The molecule has 0 aliphatic carbocycles. The van der Waals surface area contributed by atoms with Crippen LogP contribution in [0.4, 0.5) is 8.78 Å². The van der Waals surface area contributed by atoms with Crippen molar-refractivity contribution < 1.29 is 8.78 Å². The summed E-state index contributed by atoms with van der Waals surface area (Å²) in [6, 6.07) is 3.32. The summed E-state index contributed by atoms with van der Waals surface area (Å²) in [4.78, 5) is 0. The topological polar surface area (TPSA) is 42.7 Å². The fraction of sp³-hybridized carbons (Fsp3) is 0.467. The number of hydrogen-bond donors (Lipinski definition) is 1. The Labute approximate surface area is 123 Å². The van der Waals surface area contributed by atoms with E-state index in [0.29, 0.717) is 18.8 Å². The Bertz CT molecular complexity index is 563. The van der Waals surface area contributed by atoms with Crippen LogP contribution >= 0.6 is 0 Å². The van der Waals surface area contributed by atoms with Crippen molar-refractivity contribution in [3.05, 3.63) is 47.3 Å². The van der Waals surface area contributed by atoms with Gasteiger partial charge in [-0.1, -0.05) is 25.1 Å². The van der Waals surface area contributed by atoms with E-state index in [-0.39, 0.29) is 5.56 Å². The van der Waals surface area contributed by atoms with Crippen LogP contribution in [0, 0.1) is 11.6 Å². The Balaban J connectivity index is 2.45. The van der Waals surface area contributed by atoms with E-state index in [1.807, 2.05) is 13.8 Å². The summed E-state index contributed by atoms with van der Waals surface area (Å²) in [5.74, 6) is -1.12. The monoisotopic (exact) mass is 294 g/mol. The summed E-state index contributed by atoms with van der Waals surface area (Å²) >= 11 is 0. The molecule has 0 spiro atoms. The van der Waals surface area contributed by atoms with Gasteiger partial charge in [0.05, 0.1) is 17.9 Å². The first-order chi connectivity index (χ1) is 10.2. The van der Waals surface area contributed by atoms with Crippen molar-refractivity contribution in [1.29, 1.82) is 0 Å². The van der Waals surface area contributed by atoms with Crippen LogP contribution in [0.5, 0.6) is 0 Å². The predicted molar refractivity (Wildman–Crippen MR) is 76.8 cm³/mol. The van der Waals surface area contributed by atoms with Gasteiger partial charge in [0.1, 0.15) is 11.6 Å². The minimum Gasteiger partial charge on any atom is -0.305 e.